The second kappa shape index (κ2) is 6.48. The van der Waals surface area contributed by atoms with Gasteiger partial charge in [-0.05, 0) is 32.6 Å². The molecule has 0 aromatic heterocycles. The number of carbonyl (C=O) groups excluding carboxylic acids is 2. The molecule has 5 nitrogen and oxygen atoms in total. The fraction of sp³-hybridized carbons (Fsp3) is 0.818. The summed E-state index contributed by atoms with van der Waals surface area (Å²) >= 11 is 0. The summed E-state index contributed by atoms with van der Waals surface area (Å²) in [6.07, 6.45) is 3.23. The Kier molecular flexibility index (Phi) is 5.25. The monoisotopic (exact) mass is 228 g/mol. The summed E-state index contributed by atoms with van der Waals surface area (Å²) in [6.45, 7) is 2.27. The molecule has 16 heavy (non-hydrogen) atoms. The molecule has 1 rings (SSSR count). The van der Waals surface area contributed by atoms with E-state index in [4.69, 9.17) is 10.5 Å². The molecular formula is C11H20N2O3. The van der Waals surface area contributed by atoms with Crippen LogP contribution in [0.4, 0.5) is 0 Å². The average molecular weight is 228 g/mol. The number of nitrogens with two attached hydrogens (primary N) is 1. The van der Waals surface area contributed by atoms with Gasteiger partial charge in [-0.2, -0.15) is 0 Å². The highest BCUT2D eigenvalue weighted by Crippen LogP contribution is 2.25. The van der Waals surface area contributed by atoms with Crippen LogP contribution in [0, 0.1) is 5.92 Å². The van der Waals surface area contributed by atoms with Crippen LogP contribution in [0.3, 0.4) is 0 Å². The minimum absolute atomic E-state index is 0.00554. The van der Waals surface area contributed by atoms with Crippen molar-refractivity contribution in [1.82, 2.24) is 5.32 Å². The number of nitrogens with one attached hydrogen (secondary N) is 1. The molecule has 0 atom stereocenters. The maximum absolute atomic E-state index is 11.5. The van der Waals surface area contributed by atoms with Gasteiger partial charge in [0.15, 0.2) is 0 Å². The van der Waals surface area contributed by atoms with Gasteiger partial charge in [-0.3, -0.25) is 9.59 Å². The van der Waals surface area contributed by atoms with E-state index in [1.165, 1.54) is 0 Å². The summed E-state index contributed by atoms with van der Waals surface area (Å²) in [5.74, 6) is -0.225. The molecule has 0 saturated heterocycles. The van der Waals surface area contributed by atoms with Gasteiger partial charge in [0, 0.05) is 6.04 Å². The van der Waals surface area contributed by atoms with Crippen LogP contribution in [0.5, 0.6) is 0 Å². The Morgan fingerprint density at radius 2 is 1.94 bits per heavy atom. The lowest BCUT2D eigenvalue weighted by Crippen LogP contribution is -2.41. The van der Waals surface area contributed by atoms with Crippen LogP contribution in [-0.2, 0) is 14.3 Å². The highest BCUT2D eigenvalue weighted by Gasteiger charge is 2.27. The van der Waals surface area contributed by atoms with E-state index in [9.17, 15) is 9.59 Å². The summed E-state index contributed by atoms with van der Waals surface area (Å²) in [5, 5.41) is 2.84. The average Bonchev–Trinajstić information content (AvgIpc) is 2.30. The first-order valence-electron chi connectivity index (χ1n) is 5.83. The SMILES string of the molecule is CCOC(=O)C1CCC(NC(=O)CN)CC1. The van der Waals surface area contributed by atoms with Crippen molar-refractivity contribution < 1.29 is 14.3 Å². The summed E-state index contributed by atoms with van der Waals surface area (Å²) in [5.41, 5.74) is 5.22. The highest BCUT2D eigenvalue weighted by molar-refractivity contribution is 5.78. The van der Waals surface area contributed by atoms with Crippen molar-refractivity contribution in [2.75, 3.05) is 13.2 Å². The van der Waals surface area contributed by atoms with Crippen LogP contribution in [0.15, 0.2) is 0 Å². The van der Waals surface area contributed by atoms with Crippen molar-refractivity contribution >= 4 is 11.9 Å². The third-order valence-corrected chi connectivity index (χ3v) is 2.90. The topological polar surface area (TPSA) is 81.4 Å². The molecular weight excluding hydrogens is 208 g/mol. The van der Waals surface area contributed by atoms with E-state index in [0.29, 0.717) is 6.61 Å². The molecule has 0 radical (unpaired) electrons. The number of hydrogen-bond acceptors (Lipinski definition) is 4. The Morgan fingerprint density at radius 1 is 1.31 bits per heavy atom. The number of hydrogen-bond donors (Lipinski definition) is 2. The van der Waals surface area contributed by atoms with Gasteiger partial charge in [0.05, 0.1) is 19.1 Å². The normalized spacial score (nSPS) is 24.9. The summed E-state index contributed by atoms with van der Waals surface area (Å²) < 4.78 is 4.97. The molecule has 0 unspecified atom stereocenters. The van der Waals surface area contributed by atoms with Crippen molar-refractivity contribution in [3.8, 4) is 0 Å². The molecule has 3 N–H and O–H groups in total. The lowest BCUT2D eigenvalue weighted by molar-refractivity contribution is -0.149. The summed E-state index contributed by atoms with van der Waals surface area (Å²) in [7, 11) is 0. The fourth-order valence-electron chi connectivity index (χ4n) is 2.02. The number of esters is 1. The lowest BCUT2D eigenvalue weighted by atomic mass is 9.86. The quantitative estimate of drug-likeness (QED) is 0.673. The smallest absolute Gasteiger partial charge is 0.308 e. The molecule has 0 aliphatic heterocycles. The van der Waals surface area contributed by atoms with Crippen LogP contribution < -0.4 is 11.1 Å². The minimum Gasteiger partial charge on any atom is -0.466 e. The van der Waals surface area contributed by atoms with Crippen LogP contribution in [0.1, 0.15) is 32.6 Å². The van der Waals surface area contributed by atoms with Gasteiger partial charge in [0.2, 0.25) is 5.91 Å². The van der Waals surface area contributed by atoms with Crippen LogP contribution in [0.2, 0.25) is 0 Å². The second-order valence-corrected chi connectivity index (χ2v) is 4.07. The molecule has 5 heteroatoms. The largest absolute Gasteiger partial charge is 0.466 e. The minimum atomic E-state index is -0.125. The molecule has 0 aromatic rings. The summed E-state index contributed by atoms with van der Waals surface area (Å²) in [6, 6.07) is 0.168. The molecule has 0 spiro atoms. The predicted molar refractivity (Wildman–Crippen MR) is 59.6 cm³/mol. The molecule has 0 aromatic carbocycles. The number of rotatable bonds is 4. The molecule has 0 bridgehead atoms. The Bertz CT molecular complexity index is 248. The van der Waals surface area contributed by atoms with E-state index in [2.05, 4.69) is 5.32 Å². The van der Waals surface area contributed by atoms with E-state index in [-0.39, 0.29) is 30.4 Å². The first-order chi connectivity index (χ1) is 7.67. The van der Waals surface area contributed by atoms with Gasteiger partial charge < -0.3 is 15.8 Å². The van der Waals surface area contributed by atoms with Gasteiger partial charge in [-0.15, -0.1) is 0 Å². The second-order valence-electron chi connectivity index (χ2n) is 4.07. The van der Waals surface area contributed by atoms with E-state index in [1.807, 2.05) is 6.92 Å². The van der Waals surface area contributed by atoms with Gasteiger partial charge in [0.25, 0.3) is 0 Å². The number of amides is 1. The van der Waals surface area contributed by atoms with E-state index < -0.39 is 0 Å². The summed E-state index contributed by atoms with van der Waals surface area (Å²) in [4.78, 5) is 22.5. The third-order valence-electron chi connectivity index (χ3n) is 2.90. The third kappa shape index (κ3) is 3.81. The van der Waals surface area contributed by atoms with Gasteiger partial charge in [0.1, 0.15) is 0 Å². The highest BCUT2D eigenvalue weighted by atomic mass is 16.5. The maximum atomic E-state index is 11.5. The Hall–Kier alpha value is -1.10. The van der Waals surface area contributed by atoms with Gasteiger partial charge in [-0.1, -0.05) is 0 Å². The zero-order valence-electron chi connectivity index (χ0n) is 9.70. The zero-order chi connectivity index (χ0) is 12.0. The fourth-order valence-corrected chi connectivity index (χ4v) is 2.02. The Labute approximate surface area is 95.7 Å². The van der Waals surface area contributed by atoms with Crippen LogP contribution >= 0.6 is 0 Å². The zero-order valence-corrected chi connectivity index (χ0v) is 9.70. The van der Waals surface area contributed by atoms with E-state index in [1.54, 1.807) is 0 Å². The lowest BCUT2D eigenvalue weighted by Gasteiger charge is -2.27. The standard InChI is InChI=1S/C11H20N2O3/c1-2-16-11(15)8-3-5-9(6-4-8)13-10(14)7-12/h8-9H,2-7,12H2,1H3,(H,13,14). The van der Waals surface area contributed by atoms with Crippen LogP contribution in [0.25, 0.3) is 0 Å². The van der Waals surface area contributed by atoms with Crippen molar-refractivity contribution in [2.45, 2.75) is 38.6 Å². The number of ether oxygens (including phenoxy) is 1. The molecule has 1 aliphatic carbocycles. The van der Waals surface area contributed by atoms with Crippen molar-refractivity contribution in [3.63, 3.8) is 0 Å². The van der Waals surface area contributed by atoms with Gasteiger partial charge in [-0.25, -0.2) is 0 Å². The Morgan fingerprint density at radius 3 is 2.44 bits per heavy atom. The van der Waals surface area contributed by atoms with Crippen molar-refractivity contribution in [3.05, 3.63) is 0 Å². The van der Waals surface area contributed by atoms with Crippen LogP contribution in [-0.4, -0.2) is 31.1 Å². The van der Waals surface area contributed by atoms with E-state index >= 15 is 0 Å². The van der Waals surface area contributed by atoms with Gasteiger partial charge >= 0.3 is 5.97 Å². The Balaban J connectivity index is 2.28. The molecule has 1 aliphatic rings. The molecule has 92 valence electrons. The van der Waals surface area contributed by atoms with E-state index in [0.717, 1.165) is 25.7 Å². The first kappa shape index (κ1) is 13.0. The molecule has 0 heterocycles. The first-order valence-corrected chi connectivity index (χ1v) is 5.83. The number of carbonyl (C=O) groups is 2. The van der Waals surface area contributed by atoms with Crippen molar-refractivity contribution in [2.24, 2.45) is 11.7 Å². The molecule has 1 amide bonds. The maximum Gasteiger partial charge on any atom is 0.308 e. The predicted octanol–water partition coefficient (Wildman–Crippen LogP) is 0.183. The van der Waals surface area contributed by atoms with Crippen molar-refractivity contribution in [1.29, 1.82) is 0 Å². The molecule has 1 saturated carbocycles. The molecule has 1 fully saturated rings.